The van der Waals surface area contributed by atoms with Crippen LogP contribution >= 0.6 is 11.6 Å². The molecule has 9 heteroatoms. The smallest absolute Gasteiger partial charge is 0.161 e. The summed E-state index contributed by atoms with van der Waals surface area (Å²) in [4.78, 5) is 12.9. The van der Waals surface area contributed by atoms with Crippen molar-refractivity contribution in [3.8, 4) is 11.5 Å². The molecule has 51 heavy (non-hydrogen) atoms. The quantitative estimate of drug-likeness (QED) is 0.0741. The summed E-state index contributed by atoms with van der Waals surface area (Å²) >= 11 is 6.65. The minimum absolute atomic E-state index is 0.116. The third-order valence-corrected chi connectivity index (χ3v) is 8.88. The van der Waals surface area contributed by atoms with Crippen LogP contribution in [0.2, 0.25) is 5.02 Å². The molecule has 0 aliphatic carbocycles. The second-order valence-corrected chi connectivity index (χ2v) is 12.7. The van der Waals surface area contributed by atoms with Gasteiger partial charge in [-0.2, -0.15) is 0 Å². The van der Waals surface area contributed by atoms with Crippen molar-refractivity contribution in [1.29, 1.82) is 0 Å². The van der Waals surface area contributed by atoms with Crippen molar-refractivity contribution in [2.45, 2.75) is 57.4 Å². The highest BCUT2D eigenvalue weighted by Crippen LogP contribution is 2.32. The van der Waals surface area contributed by atoms with Gasteiger partial charge in [0.15, 0.2) is 17.8 Å². The number of rotatable bonds is 18. The number of fused-ring (bicyclic) bond motifs is 1. The van der Waals surface area contributed by atoms with Crippen molar-refractivity contribution in [1.82, 2.24) is 0 Å². The highest BCUT2D eigenvalue weighted by Gasteiger charge is 2.37. The average molecular weight is 708 g/mol. The summed E-state index contributed by atoms with van der Waals surface area (Å²) < 4.78 is 36.9. The molecule has 0 unspecified atom stereocenters. The Labute approximate surface area is 304 Å². The Morgan fingerprint density at radius 1 is 0.588 bits per heavy atom. The third kappa shape index (κ3) is 10.5. The molecule has 1 aliphatic rings. The zero-order chi connectivity index (χ0) is 35.3. The molecule has 0 fully saturated rings. The Bertz CT molecular complexity index is 1810. The van der Waals surface area contributed by atoms with Crippen molar-refractivity contribution in [2.75, 3.05) is 13.2 Å². The zero-order valence-corrected chi connectivity index (χ0v) is 29.0. The lowest BCUT2D eigenvalue weighted by atomic mass is 10.0. The fraction of sp³-hybridized carbons (Fsp3) is 0.262. The Morgan fingerprint density at radius 2 is 1.12 bits per heavy atom. The van der Waals surface area contributed by atoms with Crippen LogP contribution in [0.25, 0.3) is 0 Å². The Hall–Kier alpha value is -4.54. The number of ether oxygens (including phenoxy) is 6. The first-order valence-electron chi connectivity index (χ1n) is 17.0. The van der Waals surface area contributed by atoms with E-state index in [1.165, 1.54) is 0 Å². The van der Waals surface area contributed by atoms with E-state index < -0.39 is 24.5 Å². The molecule has 0 saturated heterocycles. The lowest BCUT2D eigenvalue weighted by Crippen LogP contribution is -2.53. The van der Waals surface area contributed by atoms with Gasteiger partial charge < -0.3 is 38.9 Å². The van der Waals surface area contributed by atoms with Gasteiger partial charge in [0.25, 0.3) is 0 Å². The molecule has 0 amide bonds. The fourth-order valence-corrected chi connectivity index (χ4v) is 6.01. The van der Waals surface area contributed by atoms with Crippen molar-refractivity contribution in [3.63, 3.8) is 0 Å². The first-order valence-corrected chi connectivity index (χ1v) is 17.4. The summed E-state index contributed by atoms with van der Waals surface area (Å²) in [6, 6.07) is 40.8. The summed E-state index contributed by atoms with van der Waals surface area (Å²) in [7, 11) is 0. The van der Waals surface area contributed by atoms with Crippen LogP contribution in [-0.2, 0) is 56.6 Å². The van der Waals surface area contributed by atoms with E-state index in [4.69, 9.17) is 45.8 Å². The predicted molar refractivity (Wildman–Crippen MR) is 196 cm³/mol. The van der Waals surface area contributed by atoms with Gasteiger partial charge in [0.1, 0.15) is 37.8 Å². The highest BCUT2D eigenvalue weighted by molar-refractivity contribution is 6.31. The lowest BCUT2D eigenvalue weighted by Gasteiger charge is -2.34. The fourth-order valence-electron chi connectivity index (χ4n) is 5.82. The van der Waals surface area contributed by atoms with E-state index in [2.05, 4.69) is 0 Å². The first-order chi connectivity index (χ1) is 25.1. The minimum Gasteiger partial charge on any atom is -0.486 e. The molecular formula is C42H42ClNO7. The molecule has 2 N–H and O–H groups in total. The number of carbonyl (C=O) groups excluding carboxylic acids is 1. The molecule has 6 rings (SSSR count). The SMILES string of the molecule is N[C@H](OCc1ccccc1)[C@@H](OCc1ccccc1)[C@H](OCc1ccccc1)[C@@H](C=O)OCc1ccc(Cl)c(Cc2ccc3c(c2)OCCO3)c1. The van der Waals surface area contributed by atoms with E-state index in [0.29, 0.717) is 24.7 Å². The Balaban J connectivity index is 1.21. The summed E-state index contributed by atoms with van der Waals surface area (Å²) in [5.74, 6) is 1.46. The second-order valence-electron chi connectivity index (χ2n) is 12.3. The van der Waals surface area contributed by atoms with Gasteiger partial charge in [-0.3, -0.25) is 0 Å². The van der Waals surface area contributed by atoms with E-state index in [9.17, 15) is 4.79 Å². The standard InChI is InChI=1S/C42H42ClNO7/c43-36-18-16-34(23-35(36)22-33-17-19-37-38(24-33)47-21-20-46-37)29-48-39(25-45)40(49-26-30-10-4-1-5-11-30)41(50-27-31-12-6-2-7-13-31)42(44)51-28-32-14-8-3-9-15-32/h1-19,23-25,39-42H,20-22,26-29,44H2/t39-,40-,41+,42-/m1/s1. The van der Waals surface area contributed by atoms with Crippen molar-refractivity contribution in [3.05, 3.63) is 166 Å². The number of hydrogen-bond acceptors (Lipinski definition) is 8. The zero-order valence-electron chi connectivity index (χ0n) is 28.3. The van der Waals surface area contributed by atoms with Crippen LogP contribution in [0.4, 0.5) is 0 Å². The maximum absolute atomic E-state index is 12.9. The summed E-state index contributed by atoms with van der Waals surface area (Å²) in [5, 5.41) is 0.626. The molecule has 0 bridgehead atoms. The van der Waals surface area contributed by atoms with Gasteiger partial charge in [0, 0.05) is 5.02 Å². The van der Waals surface area contributed by atoms with Crippen LogP contribution in [0.5, 0.6) is 11.5 Å². The highest BCUT2D eigenvalue weighted by atomic mass is 35.5. The van der Waals surface area contributed by atoms with Crippen LogP contribution in [-0.4, -0.2) is 44.0 Å². The normalized spacial score (nSPS) is 14.7. The summed E-state index contributed by atoms with van der Waals surface area (Å²) in [6.45, 7) is 1.85. The van der Waals surface area contributed by atoms with Gasteiger partial charge in [-0.1, -0.05) is 121 Å². The van der Waals surface area contributed by atoms with Crippen LogP contribution in [0.1, 0.15) is 33.4 Å². The molecule has 264 valence electrons. The Morgan fingerprint density at radius 3 is 1.73 bits per heavy atom. The van der Waals surface area contributed by atoms with E-state index in [-0.39, 0.29) is 26.4 Å². The Kier molecular flexibility index (Phi) is 13.2. The molecule has 4 atom stereocenters. The summed E-state index contributed by atoms with van der Waals surface area (Å²) in [5.41, 5.74) is 12.3. The number of halogens is 1. The van der Waals surface area contributed by atoms with Crippen molar-refractivity contribution >= 4 is 17.9 Å². The maximum atomic E-state index is 12.9. The van der Waals surface area contributed by atoms with Crippen LogP contribution in [0.15, 0.2) is 127 Å². The number of carbonyl (C=O) groups is 1. The lowest BCUT2D eigenvalue weighted by molar-refractivity contribution is -0.187. The average Bonchev–Trinajstić information content (AvgIpc) is 3.18. The van der Waals surface area contributed by atoms with Gasteiger partial charge in [-0.15, -0.1) is 0 Å². The van der Waals surface area contributed by atoms with Crippen molar-refractivity contribution in [2.24, 2.45) is 5.73 Å². The van der Waals surface area contributed by atoms with E-state index in [0.717, 1.165) is 51.2 Å². The van der Waals surface area contributed by atoms with Gasteiger partial charge >= 0.3 is 0 Å². The first kappa shape index (κ1) is 36.3. The molecule has 0 spiro atoms. The van der Waals surface area contributed by atoms with Gasteiger partial charge in [-0.25, -0.2) is 0 Å². The number of hydrogen-bond donors (Lipinski definition) is 1. The van der Waals surface area contributed by atoms with E-state index in [1.54, 1.807) is 0 Å². The summed E-state index contributed by atoms with van der Waals surface area (Å²) in [6.07, 6.45) is -2.46. The molecular weight excluding hydrogens is 666 g/mol. The minimum atomic E-state index is -1.04. The molecule has 1 heterocycles. The molecule has 5 aromatic carbocycles. The molecule has 1 aliphatic heterocycles. The van der Waals surface area contributed by atoms with Gasteiger partial charge in [0.2, 0.25) is 0 Å². The molecule has 5 aromatic rings. The number of benzene rings is 5. The maximum Gasteiger partial charge on any atom is 0.161 e. The molecule has 8 nitrogen and oxygen atoms in total. The van der Waals surface area contributed by atoms with Crippen molar-refractivity contribution < 1.29 is 33.2 Å². The van der Waals surface area contributed by atoms with Crippen LogP contribution < -0.4 is 15.2 Å². The third-order valence-electron chi connectivity index (χ3n) is 8.52. The van der Waals surface area contributed by atoms with E-state index in [1.807, 2.05) is 127 Å². The number of aldehydes is 1. The predicted octanol–water partition coefficient (Wildman–Crippen LogP) is 7.46. The molecule has 0 radical (unpaired) electrons. The van der Waals surface area contributed by atoms with Gasteiger partial charge in [-0.05, 0) is 58.0 Å². The molecule has 0 saturated carbocycles. The second kappa shape index (κ2) is 18.6. The molecule has 0 aromatic heterocycles. The monoisotopic (exact) mass is 707 g/mol. The van der Waals surface area contributed by atoms with Gasteiger partial charge in [0.05, 0.1) is 26.4 Å². The topological polar surface area (TPSA) is 98.5 Å². The van der Waals surface area contributed by atoms with Crippen LogP contribution in [0, 0.1) is 0 Å². The van der Waals surface area contributed by atoms with Crippen LogP contribution in [0.3, 0.4) is 0 Å². The largest absolute Gasteiger partial charge is 0.486 e. The number of nitrogens with two attached hydrogens (primary N) is 1. The van der Waals surface area contributed by atoms with E-state index >= 15 is 0 Å².